The van der Waals surface area contributed by atoms with Gasteiger partial charge in [0.2, 0.25) is 0 Å². The number of aliphatic imine (C=N–C) groups is 2. The summed E-state index contributed by atoms with van der Waals surface area (Å²) >= 11 is 0. The average Bonchev–Trinajstić information content (AvgIpc) is 3.15. The number of nitrogens with zero attached hydrogens (tertiary/aromatic N) is 2. The van der Waals surface area contributed by atoms with E-state index in [-0.39, 0.29) is 27.6 Å². The number of aryl methyl sites for hydroxylation is 12. The molecule has 8 nitrogen and oxygen atoms in total. The van der Waals surface area contributed by atoms with Crippen molar-refractivity contribution in [3.05, 3.63) is 186 Å². The molecule has 0 amide bonds. The summed E-state index contributed by atoms with van der Waals surface area (Å²) in [5.74, 6) is -1.48. The molecule has 0 saturated heterocycles. The van der Waals surface area contributed by atoms with E-state index < -0.39 is 11.9 Å². The molecule has 0 aromatic heterocycles. The largest absolute Gasteiger partial charge is 2.00 e. The fourth-order valence-electron chi connectivity index (χ4n) is 7.96. The summed E-state index contributed by atoms with van der Waals surface area (Å²) < 4.78 is 0. The predicted molar refractivity (Wildman–Crippen MR) is 244 cm³/mol. The number of aromatic carboxylic acids is 2. The molecule has 2 N–H and O–H groups in total. The van der Waals surface area contributed by atoms with E-state index in [0.717, 1.165) is 67.3 Å². The van der Waals surface area contributed by atoms with Gasteiger partial charge in [0.15, 0.2) is 0 Å². The topological polar surface area (TPSA) is 129 Å². The zero-order valence-corrected chi connectivity index (χ0v) is 38.1. The molecule has 0 saturated carbocycles. The van der Waals surface area contributed by atoms with Crippen molar-refractivity contribution in [1.82, 2.24) is 0 Å². The molecule has 0 bridgehead atoms. The predicted octanol–water partition coefficient (Wildman–Crippen LogP) is 10.2. The van der Waals surface area contributed by atoms with E-state index in [4.69, 9.17) is 9.98 Å². The Bertz CT molecular complexity index is 2420. The third-order valence-corrected chi connectivity index (χ3v) is 10.4. The monoisotopic (exact) mass is 856 g/mol. The molecule has 0 aliphatic heterocycles. The SMILES string of the molecule is Cc1cc(C)c(N=C(Nc2c(C)cc(C)cc2C)c2ccccc2C(=O)[O-])c(C)c1.Cc1cc(C)c(N=C(Nc2c(C)cc(C)cc2C)c2ccccc2C(=O)[O-])c(C)c1.[Ni+2]. The number of nitrogens with one attached hydrogen (secondary N) is 2. The van der Waals surface area contributed by atoms with Crippen LogP contribution in [0.1, 0.15) is 98.6 Å². The fourth-order valence-corrected chi connectivity index (χ4v) is 7.96. The van der Waals surface area contributed by atoms with E-state index in [1.165, 1.54) is 22.3 Å². The molecule has 6 rings (SSSR count). The fraction of sp³-hybridized carbons (Fsp3) is 0.231. The number of carboxylic acid groups (broad SMARTS) is 2. The second kappa shape index (κ2) is 20.3. The van der Waals surface area contributed by atoms with Gasteiger partial charge >= 0.3 is 16.5 Å². The number of hydrogen-bond acceptors (Lipinski definition) is 6. The molecule has 0 unspecified atom stereocenters. The molecule has 0 atom stereocenters. The van der Waals surface area contributed by atoms with Crippen LogP contribution >= 0.6 is 0 Å². The van der Waals surface area contributed by atoms with Gasteiger partial charge in [-0.2, -0.15) is 0 Å². The Labute approximate surface area is 370 Å². The number of rotatable bonds is 8. The van der Waals surface area contributed by atoms with Crippen molar-refractivity contribution >= 4 is 46.4 Å². The molecule has 0 radical (unpaired) electrons. The summed E-state index contributed by atoms with van der Waals surface area (Å²) in [7, 11) is 0. The first-order valence-electron chi connectivity index (χ1n) is 20.0. The van der Waals surface area contributed by atoms with Gasteiger partial charge in [0.25, 0.3) is 0 Å². The van der Waals surface area contributed by atoms with Gasteiger partial charge in [-0.15, -0.1) is 0 Å². The Morgan fingerprint density at radius 2 is 0.623 bits per heavy atom. The number of anilines is 2. The van der Waals surface area contributed by atoms with Crippen LogP contribution in [0.3, 0.4) is 0 Å². The summed E-state index contributed by atoms with van der Waals surface area (Å²) in [6.07, 6.45) is 0. The Hall–Kier alpha value is -6.31. The summed E-state index contributed by atoms with van der Waals surface area (Å²) in [6, 6.07) is 30.3. The van der Waals surface area contributed by atoms with Crippen LogP contribution < -0.4 is 20.8 Å². The molecule has 0 aliphatic carbocycles. The van der Waals surface area contributed by atoms with Crippen molar-refractivity contribution in [1.29, 1.82) is 0 Å². The van der Waals surface area contributed by atoms with Crippen molar-refractivity contribution in [2.75, 3.05) is 10.6 Å². The van der Waals surface area contributed by atoms with Crippen molar-refractivity contribution in [2.24, 2.45) is 9.98 Å². The van der Waals surface area contributed by atoms with Gasteiger partial charge in [-0.05, 0) is 128 Å². The first-order chi connectivity index (χ1) is 28.3. The minimum absolute atomic E-state index is 0. The number of carbonyl (C=O) groups is 2. The molecule has 316 valence electrons. The van der Waals surface area contributed by atoms with E-state index in [1.807, 2.05) is 67.5 Å². The Kier molecular flexibility index (Phi) is 15.8. The molecule has 0 fully saturated rings. The molecule has 9 heteroatoms. The van der Waals surface area contributed by atoms with Crippen molar-refractivity contribution in [3.8, 4) is 0 Å². The van der Waals surface area contributed by atoms with Crippen LogP contribution in [0, 0.1) is 83.1 Å². The van der Waals surface area contributed by atoms with Crippen LogP contribution in [0.5, 0.6) is 0 Å². The van der Waals surface area contributed by atoms with Crippen molar-refractivity contribution in [2.45, 2.75) is 83.1 Å². The van der Waals surface area contributed by atoms with Gasteiger partial charge in [-0.25, -0.2) is 9.98 Å². The number of amidine groups is 2. The minimum atomic E-state index is -1.23. The molecule has 6 aromatic carbocycles. The molecule has 0 heterocycles. The zero-order chi connectivity index (χ0) is 44.0. The molecule has 0 aliphatic rings. The standard InChI is InChI=1S/2C26H28N2O2.Ni/c2*1-15-11-17(3)23(18(4)12-15)27-25(21-9-7-8-10-22(21)26(29)30)28-24-19(5)13-16(2)14-20(24)6;/h2*7-14H,1-6H3,(H,27,28)(H,29,30);/q;;+2/p-2. The first-order valence-corrected chi connectivity index (χ1v) is 20.0. The molecule has 61 heavy (non-hydrogen) atoms. The Morgan fingerprint density at radius 1 is 0.393 bits per heavy atom. The number of carbonyl (C=O) groups excluding carboxylic acids is 2. The molecule has 0 spiro atoms. The second-order valence-corrected chi connectivity index (χ2v) is 15.9. The van der Waals surface area contributed by atoms with E-state index in [1.54, 1.807) is 36.4 Å². The van der Waals surface area contributed by atoms with E-state index in [2.05, 4.69) is 86.9 Å². The normalized spacial score (nSPS) is 11.3. The van der Waals surface area contributed by atoms with Crippen LogP contribution in [0.2, 0.25) is 0 Å². The van der Waals surface area contributed by atoms with Crippen molar-refractivity contribution < 1.29 is 36.3 Å². The van der Waals surface area contributed by atoms with E-state index >= 15 is 0 Å². The third-order valence-electron chi connectivity index (χ3n) is 10.4. The average molecular weight is 858 g/mol. The number of benzene rings is 6. The third kappa shape index (κ3) is 11.5. The first kappa shape index (κ1) is 47.4. The van der Waals surface area contributed by atoms with E-state index in [0.29, 0.717) is 22.8 Å². The van der Waals surface area contributed by atoms with Gasteiger partial charge in [-0.3, -0.25) is 0 Å². The van der Waals surface area contributed by atoms with Gasteiger partial charge < -0.3 is 30.4 Å². The number of hydrogen-bond donors (Lipinski definition) is 2. The summed E-state index contributed by atoms with van der Waals surface area (Å²) in [6.45, 7) is 24.4. The van der Waals surface area contributed by atoms with Crippen LogP contribution in [-0.4, -0.2) is 23.6 Å². The summed E-state index contributed by atoms with van der Waals surface area (Å²) in [4.78, 5) is 33.4. The van der Waals surface area contributed by atoms with Gasteiger partial charge in [-0.1, -0.05) is 119 Å². The quantitative estimate of drug-likeness (QED) is 0.0891. The maximum absolute atomic E-state index is 11.8. The van der Waals surface area contributed by atoms with Crippen LogP contribution in [-0.2, 0) is 16.5 Å². The summed E-state index contributed by atoms with van der Waals surface area (Å²) in [5.41, 5.74) is 17.8. The van der Waals surface area contributed by atoms with Crippen LogP contribution in [0.25, 0.3) is 0 Å². The van der Waals surface area contributed by atoms with E-state index in [9.17, 15) is 19.8 Å². The van der Waals surface area contributed by atoms with Gasteiger partial charge in [0.1, 0.15) is 11.7 Å². The van der Waals surface area contributed by atoms with Gasteiger partial charge in [0, 0.05) is 33.6 Å². The Morgan fingerprint density at radius 3 is 0.869 bits per heavy atom. The maximum Gasteiger partial charge on any atom is 2.00 e. The molecule has 6 aromatic rings. The summed E-state index contributed by atoms with van der Waals surface area (Å²) in [5, 5.41) is 30.5. The van der Waals surface area contributed by atoms with Crippen molar-refractivity contribution in [3.63, 3.8) is 0 Å². The zero-order valence-electron chi connectivity index (χ0n) is 37.1. The number of carboxylic acids is 2. The van der Waals surface area contributed by atoms with Gasteiger partial charge in [0.05, 0.1) is 23.3 Å². The second-order valence-electron chi connectivity index (χ2n) is 15.9. The molecular formula is C52H54N4NiO4. The maximum atomic E-state index is 11.8. The molecular weight excluding hydrogens is 803 g/mol. The van der Waals surface area contributed by atoms with Crippen LogP contribution in [0.15, 0.2) is 107 Å². The minimum Gasteiger partial charge on any atom is -0.545 e. The Balaban J connectivity index is 0.000000264. The van der Waals surface area contributed by atoms with Crippen LogP contribution in [0.4, 0.5) is 22.7 Å². The smallest absolute Gasteiger partial charge is 0.545 e.